The molecule has 1 saturated heterocycles. The van der Waals surface area contributed by atoms with Gasteiger partial charge in [-0.05, 0) is 80.9 Å². The van der Waals surface area contributed by atoms with Crippen molar-refractivity contribution >= 4 is 33.5 Å². The molecule has 0 aromatic carbocycles. The van der Waals surface area contributed by atoms with Crippen molar-refractivity contribution in [3.05, 3.63) is 72.9 Å². The third-order valence-corrected chi connectivity index (χ3v) is 7.74. The van der Waals surface area contributed by atoms with Crippen molar-refractivity contribution in [1.29, 1.82) is 0 Å². The van der Waals surface area contributed by atoms with E-state index in [1.165, 1.54) is 38.5 Å². The molecule has 4 aromatic rings. The van der Waals surface area contributed by atoms with Gasteiger partial charge in [0, 0.05) is 30.7 Å². The minimum absolute atomic E-state index is 0.545. The molecule has 0 bridgehead atoms. The number of imidazole rings is 1. The van der Waals surface area contributed by atoms with Gasteiger partial charge in [0.25, 0.3) is 0 Å². The first-order valence-electron chi connectivity index (χ1n) is 13.6. The lowest BCUT2D eigenvalue weighted by Gasteiger charge is -2.28. The lowest BCUT2D eigenvalue weighted by Crippen LogP contribution is -2.29. The Balaban J connectivity index is 1.34. The molecule has 0 amide bonds. The van der Waals surface area contributed by atoms with E-state index >= 15 is 0 Å². The highest BCUT2D eigenvalue weighted by atomic mass is 15.2. The number of H-pyrrole nitrogens is 2. The Morgan fingerprint density at radius 2 is 1.95 bits per heavy atom. The molecule has 3 N–H and O–H groups in total. The number of fused-ring (bicyclic) bond motifs is 2. The number of anilines is 1. The summed E-state index contributed by atoms with van der Waals surface area (Å²) in [6.07, 6.45) is 15.2. The summed E-state index contributed by atoms with van der Waals surface area (Å²) in [5, 5.41) is 11.2. The van der Waals surface area contributed by atoms with Gasteiger partial charge in [-0.1, -0.05) is 25.7 Å². The summed E-state index contributed by atoms with van der Waals surface area (Å²) in [6.45, 7) is 12.4. The van der Waals surface area contributed by atoms with Gasteiger partial charge in [0.1, 0.15) is 11.0 Å². The van der Waals surface area contributed by atoms with E-state index in [0.717, 1.165) is 58.0 Å². The van der Waals surface area contributed by atoms with E-state index in [2.05, 4.69) is 61.8 Å². The fraction of sp³-hybridized carbons (Fsp3) is 0.333. The predicted octanol–water partition coefficient (Wildman–Crippen LogP) is 6.26. The maximum absolute atomic E-state index is 5.01. The van der Waals surface area contributed by atoms with Crippen molar-refractivity contribution in [2.24, 2.45) is 5.92 Å². The minimum Gasteiger partial charge on any atom is -0.370 e. The first-order chi connectivity index (χ1) is 18.6. The van der Waals surface area contributed by atoms with Crippen LogP contribution in [0.1, 0.15) is 51.1 Å². The van der Waals surface area contributed by atoms with E-state index < -0.39 is 0 Å². The average molecular weight is 507 g/mol. The summed E-state index contributed by atoms with van der Waals surface area (Å²) in [7, 11) is 0. The number of rotatable bonds is 8. The highest BCUT2D eigenvalue weighted by Crippen LogP contribution is 2.33. The predicted molar refractivity (Wildman–Crippen MR) is 154 cm³/mol. The second kappa shape index (κ2) is 10.3. The topological polar surface area (TPSA) is 98.4 Å². The Morgan fingerprint density at radius 3 is 2.68 bits per heavy atom. The van der Waals surface area contributed by atoms with Gasteiger partial charge in [0.05, 0.1) is 16.9 Å². The summed E-state index contributed by atoms with van der Waals surface area (Å²) in [5.41, 5.74) is 8.90. The van der Waals surface area contributed by atoms with Crippen molar-refractivity contribution in [1.82, 2.24) is 35.5 Å². The van der Waals surface area contributed by atoms with Gasteiger partial charge in [0.2, 0.25) is 0 Å². The van der Waals surface area contributed by atoms with Crippen molar-refractivity contribution in [3.63, 3.8) is 0 Å². The highest BCUT2D eigenvalue weighted by Gasteiger charge is 2.21. The average Bonchev–Trinajstić information content (AvgIpc) is 3.54. The summed E-state index contributed by atoms with van der Waals surface area (Å²) in [5.74, 6) is 1.21. The third kappa shape index (κ3) is 4.51. The second-order valence-corrected chi connectivity index (χ2v) is 10.2. The molecule has 2 fully saturated rings. The van der Waals surface area contributed by atoms with E-state index in [1.807, 2.05) is 31.3 Å². The van der Waals surface area contributed by atoms with Crippen LogP contribution in [-0.2, 0) is 0 Å². The first kappa shape index (κ1) is 24.2. The molecular formula is C30H34N8. The lowest BCUT2D eigenvalue weighted by molar-refractivity contribution is 0.356. The first-order valence-corrected chi connectivity index (χ1v) is 13.6. The van der Waals surface area contributed by atoms with Crippen molar-refractivity contribution < 1.29 is 0 Å². The number of hydrogen-bond acceptors (Lipinski definition) is 6. The van der Waals surface area contributed by atoms with Crippen molar-refractivity contribution in [3.8, 4) is 11.5 Å². The Bertz CT molecular complexity index is 1560. The Labute approximate surface area is 222 Å². The number of pyridine rings is 2. The van der Waals surface area contributed by atoms with E-state index in [-0.39, 0.29) is 0 Å². The smallest absolute Gasteiger partial charge is 0.180 e. The quantitative estimate of drug-likeness (QED) is 0.244. The second-order valence-electron chi connectivity index (χ2n) is 10.2. The molecule has 0 unspecified atom stereocenters. The van der Waals surface area contributed by atoms with Gasteiger partial charge in [-0.15, -0.1) is 0 Å². The van der Waals surface area contributed by atoms with Crippen LogP contribution in [0.2, 0.25) is 0 Å². The SMILES string of the molecule is C=C/C(=C\C(=C/C)c1ccc2[nH]nc(-c3nc4nccc(N5CCCCC5)c4[nH]3)c2n1)NC(=C)C1CCC1. The normalized spacial score (nSPS) is 17.1. The highest BCUT2D eigenvalue weighted by molar-refractivity contribution is 5.93. The molecule has 2 aliphatic rings. The number of piperidine rings is 1. The van der Waals surface area contributed by atoms with Crippen LogP contribution in [0.4, 0.5) is 5.69 Å². The standard InChI is InChI=1S/C30H34N8/c1-4-20(18-22(5-2)32-19(3)21-10-9-11-21)23-12-13-24-26(33-23)28(37-36-24)30-34-27-25(14-15-31-29(27)35-30)38-16-7-6-8-17-38/h4-5,12-15,18,21,32H,2-3,6-11,16-17H2,1H3,(H,36,37)(H,31,34,35)/b20-4+,22-18+. The molecule has 1 saturated carbocycles. The van der Waals surface area contributed by atoms with Crippen molar-refractivity contribution in [2.45, 2.75) is 45.4 Å². The number of aromatic nitrogens is 6. The summed E-state index contributed by atoms with van der Waals surface area (Å²) in [6, 6.07) is 6.09. The summed E-state index contributed by atoms with van der Waals surface area (Å²) < 4.78 is 0. The molecule has 1 aliphatic heterocycles. The molecule has 1 aliphatic carbocycles. The van der Waals surface area contributed by atoms with Crippen LogP contribution < -0.4 is 10.2 Å². The minimum atomic E-state index is 0.545. The van der Waals surface area contributed by atoms with Gasteiger partial charge in [-0.25, -0.2) is 15.0 Å². The fourth-order valence-corrected chi connectivity index (χ4v) is 5.30. The molecule has 0 spiro atoms. The van der Waals surface area contributed by atoms with Gasteiger partial charge < -0.3 is 15.2 Å². The number of hydrogen-bond donors (Lipinski definition) is 3. The number of nitrogens with one attached hydrogen (secondary N) is 3. The Hall–Kier alpha value is -4.20. The van der Waals surface area contributed by atoms with Crippen LogP contribution in [0.3, 0.4) is 0 Å². The van der Waals surface area contributed by atoms with E-state index in [0.29, 0.717) is 23.1 Å². The molecule has 0 radical (unpaired) electrons. The van der Waals surface area contributed by atoms with Crippen LogP contribution in [0.15, 0.2) is 67.2 Å². The van der Waals surface area contributed by atoms with Gasteiger partial charge >= 0.3 is 0 Å². The molecule has 8 heteroatoms. The zero-order chi connectivity index (χ0) is 26.1. The largest absolute Gasteiger partial charge is 0.370 e. The van der Waals surface area contributed by atoms with Gasteiger partial charge in [-0.3, -0.25) is 5.10 Å². The molecule has 6 rings (SSSR count). The van der Waals surface area contributed by atoms with Crippen LogP contribution >= 0.6 is 0 Å². The lowest BCUT2D eigenvalue weighted by atomic mass is 9.83. The molecule has 0 atom stereocenters. The zero-order valence-corrected chi connectivity index (χ0v) is 21.9. The van der Waals surface area contributed by atoms with Gasteiger partial charge in [0.15, 0.2) is 17.2 Å². The maximum atomic E-state index is 5.01. The summed E-state index contributed by atoms with van der Waals surface area (Å²) >= 11 is 0. The molecule has 194 valence electrons. The molecule has 5 heterocycles. The molecular weight excluding hydrogens is 472 g/mol. The van der Waals surface area contributed by atoms with Gasteiger partial charge in [-0.2, -0.15) is 5.10 Å². The Kier molecular flexibility index (Phi) is 6.54. The zero-order valence-electron chi connectivity index (χ0n) is 21.9. The fourth-order valence-electron chi connectivity index (χ4n) is 5.30. The van der Waals surface area contributed by atoms with Crippen LogP contribution in [0, 0.1) is 5.92 Å². The summed E-state index contributed by atoms with van der Waals surface area (Å²) in [4.78, 5) is 20.3. The number of nitrogens with zero attached hydrogens (tertiary/aromatic N) is 5. The Morgan fingerprint density at radius 1 is 1.11 bits per heavy atom. The van der Waals surface area contributed by atoms with Crippen molar-refractivity contribution in [2.75, 3.05) is 18.0 Å². The monoisotopic (exact) mass is 506 g/mol. The van der Waals surface area contributed by atoms with Crippen LogP contribution in [-0.4, -0.2) is 43.2 Å². The molecule has 4 aromatic heterocycles. The third-order valence-electron chi connectivity index (χ3n) is 7.74. The van der Waals surface area contributed by atoms with Crippen LogP contribution in [0.5, 0.6) is 0 Å². The molecule has 8 nitrogen and oxygen atoms in total. The number of allylic oxidation sites excluding steroid dienone is 5. The molecule has 38 heavy (non-hydrogen) atoms. The van der Waals surface area contributed by atoms with E-state index in [1.54, 1.807) is 0 Å². The van der Waals surface area contributed by atoms with E-state index in [4.69, 9.17) is 9.97 Å². The maximum Gasteiger partial charge on any atom is 0.180 e. The number of aromatic amines is 2. The van der Waals surface area contributed by atoms with E-state index in [9.17, 15) is 0 Å². The van der Waals surface area contributed by atoms with Crippen LogP contribution in [0.25, 0.3) is 39.3 Å².